The van der Waals surface area contributed by atoms with Gasteiger partial charge in [-0.05, 0) is 18.2 Å². The molecule has 0 spiro atoms. The van der Waals surface area contributed by atoms with Crippen molar-refractivity contribution >= 4 is 17.6 Å². The fraction of sp³-hybridized carbons (Fsp3) is 0.0667. The number of benzene rings is 2. The first-order valence-electron chi connectivity index (χ1n) is 6.37. The van der Waals surface area contributed by atoms with Crippen LogP contribution in [0.2, 0.25) is 0 Å². The summed E-state index contributed by atoms with van der Waals surface area (Å²) in [4.78, 5) is 23.2. The number of anilines is 1. The number of carboxylic acid groups (broad SMARTS) is 1. The third-order valence-electron chi connectivity index (χ3n) is 3.16. The van der Waals surface area contributed by atoms with Crippen LogP contribution in [-0.4, -0.2) is 18.7 Å². The summed E-state index contributed by atoms with van der Waals surface area (Å²) in [6.07, 6.45) is 0. The van der Waals surface area contributed by atoms with E-state index in [2.05, 4.69) is 5.32 Å². The van der Waals surface area contributed by atoms with E-state index in [-0.39, 0.29) is 29.5 Å². The Morgan fingerprint density at radius 3 is 2.39 bits per heavy atom. The third kappa shape index (κ3) is 2.78. The van der Waals surface area contributed by atoms with E-state index in [0.717, 1.165) is 18.2 Å². The highest BCUT2D eigenvalue weighted by Gasteiger charge is 2.20. The van der Waals surface area contributed by atoms with Crippen molar-refractivity contribution in [2.75, 3.05) is 12.1 Å². The number of carbonyl (C=O) groups is 2. The molecule has 8 heteroatoms. The molecule has 0 unspecified atom stereocenters. The fourth-order valence-corrected chi connectivity index (χ4v) is 2.08. The van der Waals surface area contributed by atoms with Gasteiger partial charge in [0.05, 0.1) is 17.2 Å². The number of fused-ring (bicyclic) bond motifs is 1. The molecule has 0 atom stereocenters. The van der Waals surface area contributed by atoms with Gasteiger partial charge in [0.1, 0.15) is 11.6 Å². The molecule has 0 radical (unpaired) electrons. The highest BCUT2D eigenvalue weighted by Crippen LogP contribution is 2.37. The lowest BCUT2D eigenvalue weighted by molar-refractivity contribution is -0.254. The van der Waals surface area contributed by atoms with Gasteiger partial charge < -0.3 is 24.7 Å². The number of carbonyl (C=O) groups excluding carboxylic acids is 2. The first kappa shape index (κ1) is 14.8. The lowest BCUT2D eigenvalue weighted by Gasteiger charge is -2.13. The molecule has 0 aromatic heterocycles. The van der Waals surface area contributed by atoms with Crippen molar-refractivity contribution in [3.8, 4) is 11.5 Å². The third-order valence-corrected chi connectivity index (χ3v) is 3.16. The average molecular weight is 320 g/mol. The van der Waals surface area contributed by atoms with Gasteiger partial charge in [-0.1, -0.05) is 0 Å². The van der Waals surface area contributed by atoms with E-state index in [0.29, 0.717) is 6.07 Å². The Kier molecular flexibility index (Phi) is 3.57. The predicted molar refractivity (Wildman–Crippen MR) is 71.2 cm³/mol. The monoisotopic (exact) mass is 320 g/mol. The number of hydrogen-bond donors (Lipinski definition) is 1. The smallest absolute Gasteiger partial charge is 0.258 e. The van der Waals surface area contributed by atoms with Gasteiger partial charge in [-0.15, -0.1) is 0 Å². The van der Waals surface area contributed by atoms with Crippen molar-refractivity contribution in [1.82, 2.24) is 0 Å². The summed E-state index contributed by atoms with van der Waals surface area (Å²) in [6.45, 7) is -0.0915. The summed E-state index contributed by atoms with van der Waals surface area (Å²) in [5.74, 6) is -3.99. The molecule has 1 heterocycles. The zero-order chi connectivity index (χ0) is 16.6. The molecule has 1 aliphatic rings. The molecular formula is C15H8F2NO5-. The largest absolute Gasteiger partial charge is 0.545 e. The maximum Gasteiger partial charge on any atom is 0.258 e. The standard InChI is InChI=1S/C15H9F2NO5/c16-7-1-2-8(10(17)3-7)14(19)18-11-5-13-12(22-6-23-13)4-9(11)15(20)21/h1-5H,6H2,(H,18,19)(H,20,21)/p-1. The van der Waals surface area contributed by atoms with E-state index in [1.165, 1.54) is 6.07 Å². The summed E-state index contributed by atoms with van der Waals surface area (Å²) in [5.41, 5.74) is -0.943. The lowest BCUT2D eigenvalue weighted by Crippen LogP contribution is -2.25. The van der Waals surface area contributed by atoms with E-state index in [1.54, 1.807) is 0 Å². The van der Waals surface area contributed by atoms with Crippen LogP contribution in [0, 0.1) is 11.6 Å². The minimum absolute atomic E-state index is 0.0915. The van der Waals surface area contributed by atoms with Crippen molar-refractivity contribution in [2.45, 2.75) is 0 Å². The Morgan fingerprint density at radius 1 is 1.04 bits per heavy atom. The molecule has 3 rings (SSSR count). The Balaban J connectivity index is 1.96. The van der Waals surface area contributed by atoms with Gasteiger partial charge in [0.15, 0.2) is 11.5 Å². The van der Waals surface area contributed by atoms with Crippen LogP contribution in [0.4, 0.5) is 14.5 Å². The molecule has 0 fully saturated rings. The molecule has 23 heavy (non-hydrogen) atoms. The number of ether oxygens (including phenoxy) is 2. The molecule has 0 aliphatic carbocycles. The van der Waals surface area contributed by atoms with Gasteiger partial charge in [0.25, 0.3) is 5.91 Å². The van der Waals surface area contributed by atoms with E-state index < -0.39 is 29.1 Å². The van der Waals surface area contributed by atoms with Crippen molar-refractivity contribution in [3.63, 3.8) is 0 Å². The van der Waals surface area contributed by atoms with Gasteiger partial charge in [-0.2, -0.15) is 0 Å². The van der Waals surface area contributed by atoms with Crippen LogP contribution in [-0.2, 0) is 0 Å². The Bertz CT molecular complexity index is 822. The maximum absolute atomic E-state index is 13.6. The van der Waals surface area contributed by atoms with Crippen molar-refractivity contribution < 1.29 is 33.0 Å². The summed E-state index contributed by atoms with van der Waals surface area (Å²) in [6, 6.07) is 4.78. The van der Waals surface area contributed by atoms with Crippen LogP contribution < -0.4 is 19.9 Å². The van der Waals surface area contributed by atoms with Crippen LogP contribution in [0.1, 0.15) is 20.7 Å². The molecule has 0 saturated heterocycles. The van der Waals surface area contributed by atoms with Crippen molar-refractivity contribution in [2.24, 2.45) is 0 Å². The number of rotatable bonds is 3. The number of halogens is 2. The Labute approximate surface area is 128 Å². The Hall–Kier alpha value is -3.16. The van der Waals surface area contributed by atoms with Gasteiger partial charge in [0, 0.05) is 17.7 Å². The zero-order valence-electron chi connectivity index (χ0n) is 11.4. The first-order valence-corrected chi connectivity index (χ1v) is 6.37. The van der Waals surface area contributed by atoms with E-state index in [9.17, 15) is 23.5 Å². The van der Waals surface area contributed by atoms with Crippen molar-refractivity contribution in [3.05, 3.63) is 53.1 Å². The average Bonchev–Trinajstić information content (AvgIpc) is 2.93. The van der Waals surface area contributed by atoms with Crippen LogP contribution >= 0.6 is 0 Å². The maximum atomic E-state index is 13.6. The Morgan fingerprint density at radius 2 is 1.74 bits per heavy atom. The number of amides is 1. The highest BCUT2D eigenvalue weighted by atomic mass is 19.1. The van der Waals surface area contributed by atoms with E-state index >= 15 is 0 Å². The van der Waals surface area contributed by atoms with Gasteiger partial charge in [-0.3, -0.25) is 4.79 Å². The number of carboxylic acids is 1. The lowest BCUT2D eigenvalue weighted by atomic mass is 10.1. The quantitative estimate of drug-likeness (QED) is 0.921. The van der Waals surface area contributed by atoms with Crippen LogP contribution in [0.15, 0.2) is 30.3 Å². The predicted octanol–water partition coefficient (Wildman–Crippen LogP) is 1.31. The summed E-state index contributed by atoms with van der Waals surface area (Å²) in [5, 5.41) is 13.4. The normalized spacial score (nSPS) is 12.1. The van der Waals surface area contributed by atoms with E-state index in [4.69, 9.17) is 9.47 Å². The van der Waals surface area contributed by atoms with E-state index in [1.807, 2.05) is 0 Å². The van der Waals surface area contributed by atoms with Gasteiger partial charge in [-0.25, -0.2) is 8.78 Å². The minimum atomic E-state index is -1.56. The SMILES string of the molecule is O=C(Nc1cc2c(cc1C(=O)[O-])OCO2)c1ccc(F)cc1F. The number of hydrogen-bond acceptors (Lipinski definition) is 5. The number of aromatic carboxylic acids is 1. The van der Waals surface area contributed by atoms with Crippen LogP contribution in [0.25, 0.3) is 0 Å². The molecular weight excluding hydrogens is 312 g/mol. The molecule has 0 bridgehead atoms. The number of nitrogens with one attached hydrogen (secondary N) is 1. The van der Waals surface area contributed by atoms with Crippen molar-refractivity contribution in [1.29, 1.82) is 0 Å². The van der Waals surface area contributed by atoms with Gasteiger partial charge >= 0.3 is 0 Å². The van der Waals surface area contributed by atoms with Gasteiger partial charge in [0.2, 0.25) is 6.79 Å². The summed E-state index contributed by atoms with van der Waals surface area (Å²) >= 11 is 0. The molecule has 2 aromatic rings. The second-order valence-electron chi connectivity index (χ2n) is 4.62. The van der Waals surface area contributed by atoms with Crippen LogP contribution in [0.5, 0.6) is 11.5 Å². The molecule has 2 aromatic carbocycles. The molecule has 1 amide bonds. The summed E-state index contributed by atoms with van der Waals surface area (Å²) in [7, 11) is 0. The molecule has 0 saturated carbocycles. The second-order valence-corrected chi connectivity index (χ2v) is 4.62. The topological polar surface area (TPSA) is 87.7 Å². The molecule has 1 aliphatic heterocycles. The van der Waals surface area contributed by atoms with Crippen LogP contribution in [0.3, 0.4) is 0 Å². The molecule has 6 nitrogen and oxygen atoms in total. The molecule has 1 N–H and O–H groups in total. The molecule has 118 valence electrons. The zero-order valence-corrected chi connectivity index (χ0v) is 11.4. The fourth-order valence-electron chi connectivity index (χ4n) is 2.08. The summed E-state index contributed by atoms with van der Waals surface area (Å²) < 4.78 is 36.6. The highest BCUT2D eigenvalue weighted by molar-refractivity contribution is 6.08. The first-order chi connectivity index (χ1) is 11.0. The minimum Gasteiger partial charge on any atom is -0.545 e. The second kappa shape index (κ2) is 5.56.